The van der Waals surface area contributed by atoms with Gasteiger partial charge in [-0.15, -0.1) is 11.3 Å². The van der Waals surface area contributed by atoms with E-state index in [2.05, 4.69) is 27.4 Å². The minimum atomic E-state index is 0.0435. The minimum absolute atomic E-state index is 0.0435. The summed E-state index contributed by atoms with van der Waals surface area (Å²) in [6.07, 6.45) is 5.41. The molecule has 1 aliphatic carbocycles. The van der Waals surface area contributed by atoms with Crippen LogP contribution < -0.4 is 5.73 Å². The van der Waals surface area contributed by atoms with Crippen molar-refractivity contribution in [1.82, 2.24) is 0 Å². The van der Waals surface area contributed by atoms with Crippen LogP contribution in [0.3, 0.4) is 0 Å². The number of rotatable bonds is 5. The van der Waals surface area contributed by atoms with E-state index in [0.717, 1.165) is 17.0 Å². The van der Waals surface area contributed by atoms with Crippen LogP contribution >= 0.6 is 27.3 Å². The van der Waals surface area contributed by atoms with Crippen LogP contribution in [0.25, 0.3) is 0 Å². The Morgan fingerprint density at radius 2 is 2.24 bits per heavy atom. The summed E-state index contributed by atoms with van der Waals surface area (Å²) >= 11 is 5.20. The van der Waals surface area contributed by atoms with Crippen LogP contribution in [0.4, 0.5) is 0 Å². The normalized spacial score (nSPS) is 20.6. The lowest BCUT2D eigenvalue weighted by molar-refractivity contribution is 0.0190. The Morgan fingerprint density at radius 3 is 2.76 bits per heavy atom. The third-order valence-electron chi connectivity index (χ3n) is 3.33. The van der Waals surface area contributed by atoms with Gasteiger partial charge in [-0.25, -0.2) is 0 Å². The smallest absolute Gasteiger partial charge is 0.106 e. The molecule has 17 heavy (non-hydrogen) atoms. The molecule has 1 aromatic rings. The molecule has 0 radical (unpaired) electrons. The van der Waals surface area contributed by atoms with Gasteiger partial charge < -0.3 is 10.5 Å². The van der Waals surface area contributed by atoms with Crippen molar-refractivity contribution in [2.75, 3.05) is 6.61 Å². The maximum absolute atomic E-state index is 6.05. The summed E-state index contributed by atoms with van der Waals surface area (Å²) in [5.41, 5.74) is 6.03. The lowest BCUT2D eigenvalue weighted by Crippen LogP contribution is -2.27. The highest BCUT2D eigenvalue weighted by Crippen LogP contribution is 2.32. The maximum atomic E-state index is 6.05. The molecule has 0 saturated heterocycles. The molecule has 1 saturated carbocycles. The molecule has 2 nitrogen and oxygen atoms in total. The fraction of sp³-hybridized carbons (Fsp3) is 0.692. The summed E-state index contributed by atoms with van der Waals surface area (Å²) in [5.74, 6) is 0.750. The summed E-state index contributed by atoms with van der Waals surface area (Å²) in [5, 5.41) is 2.09. The first kappa shape index (κ1) is 13.5. The van der Waals surface area contributed by atoms with Crippen LogP contribution in [0.5, 0.6) is 0 Å². The van der Waals surface area contributed by atoms with E-state index in [-0.39, 0.29) is 12.1 Å². The first-order valence-electron chi connectivity index (χ1n) is 6.28. The molecule has 0 aliphatic heterocycles. The first-order chi connectivity index (χ1) is 8.16. The quantitative estimate of drug-likeness (QED) is 0.887. The van der Waals surface area contributed by atoms with Crippen LogP contribution in [-0.4, -0.2) is 12.6 Å². The number of thiophene rings is 1. The van der Waals surface area contributed by atoms with E-state index < -0.39 is 0 Å². The van der Waals surface area contributed by atoms with E-state index in [0.29, 0.717) is 0 Å². The summed E-state index contributed by atoms with van der Waals surface area (Å²) < 4.78 is 7.17. The summed E-state index contributed by atoms with van der Waals surface area (Å²) in [6.45, 7) is 2.88. The molecule has 0 spiro atoms. The van der Waals surface area contributed by atoms with Gasteiger partial charge in [0.25, 0.3) is 0 Å². The largest absolute Gasteiger partial charge is 0.371 e. The molecule has 2 unspecified atom stereocenters. The molecular formula is C13H20BrNOS. The van der Waals surface area contributed by atoms with Gasteiger partial charge in [0.1, 0.15) is 6.10 Å². The molecule has 0 amide bonds. The van der Waals surface area contributed by atoms with Gasteiger partial charge in [-0.3, -0.25) is 0 Å². The standard InChI is InChI=1S/C13H20BrNOS/c1-9(15)13(12-6-11(14)8-17-12)16-7-10-4-2-3-5-10/h6,8-10,13H,2-5,7,15H2,1H3. The van der Waals surface area contributed by atoms with Crippen LogP contribution in [0.2, 0.25) is 0 Å². The van der Waals surface area contributed by atoms with E-state index in [1.54, 1.807) is 11.3 Å². The monoisotopic (exact) mass is 317 g/mol. The van der Waals surface area contributed by atoms with E-state index in [4.69, 9.17) is 10.5 Å². The Balaban J connectivity index is 1.92. The number of hydrogen-bond acceptors (Lipinski definition) is 3. The molecule has 1 aliphatic rings. The zero-order valence-corrected chi connectivity index (χ0v) is 12.6. The van der Waals surface area contributed by atoms with Crippen molar-refractivity contribution in [2.45, 2.75) is 44.8 Å². The van der Waals surface area contributed by atoms with Crippen LogP contribution in [-0.2, 0) is 4.74 Å². The topological polar surface area (TPSA) is 35.2 Å². The summed E-state index contributed by atoms with van der Waals surface area (Å²) in [6, 6.07) is 2.16. The predicted molar refractivity (Wildman–Crippen MR) is 76.3 cm³/mol. The molecule has 2 rings (SSSR count). The van der Waals surface area contributed by atoms with Crippen molar-refractivity contribution in [1.29, 1.82) is 0 Å². The van der Waals surface area contributed by atoms with Gasteiger partial charge in [-0.2, -0.15) is 0 Å². The highest BCUT2D eigenvalue weighted by Gasteiger charge is 2.22. The maximum Gasteiger partial charge on any atom is 0.106 e. The fourth-order valence-corrected chi connectivity index (χ4v) is 3.99. The molecule has 2 atom stereocenters. The predicted octanol–water partition coefficient (Wildman–Crippen LogP) is 4.11. The molecule has 0 bridgehead atoms. The van der Waals surface area contributed by atoms with Gasteiger partial charge in [-0.05, 0) is 47.7 Å². The SMILES string of the molecule is CC(N)C(OCC1CCCC1)c1cc(Br)cs1. The summed E-state index contributed by atoms with van der Waals surface area (Å²) in [4.78, 5) is 1.23. The highest BCUT2D eigenvalue weighted by atomic mass is 79.9. The van der Waals surface area contributed by atoms with Crippen LogP contribution in [0.1, 0.15) is 43.6 Å². The minimum Gasteiger partial charge on any atom is -0.371 e. The molecule has 96 valence electrons. The lowest BCUT2D eigenvalue weighted by atomic mass is 10.1. The number of hydrogen-bond donors (Lipinski definition) is 1. The number of nitrogens with two attached hydrogens (primary N) is 1. The molecule has 1 aromatic heterocycles. The van der Waals surface area contributed by atoms with Crippen molar-refractivity contribution >= 4 is 27.3 Å². The van der Waals surface area contributed by atoms with Gasteiger partial charge in [-0.1, -0.05) is 12.8 Å². The number of ether oxygens (including phenoxy) is 1. The molecule has 0 aromatic carbocycles. The Hall–Kier alpha value is 0.1000. The molecular weight excluding hydrogens is 298 g/mol. The van der Waals surface area contributed by atoms with Crippen molar-refractivity contribution in [3.05, 3.63) is 20.8 Å². The Bertz CT molecular complexity index is 347. The zero-order chi connectivity index (χ0) is 12.3. The third-order valence-corrected chi connectivity index (χ3v) is 5.09. The second-order valence-electron chi connectivity index (χ2n) is 4.93. The van der Waals surface area contributed by atoms with Crippen molar-refractivity contribution in [3.8, 4) is 0 Å². The van der Waals surface area contributed by atoms with Crippen molar-refractivity contribution < 1.29 is 4.74 Å². The zero-order valence-electron chi connectivity index (χ0n) is 10.2. The van der Waals surface area contributed by atoms with E-state index in [9.17, 15) is 0 Å². The second-order valence-corrected chi connectivity index (χ2v) is 6.79. The Kier molecular flexibility index (Phi) is 5.03. The van der Waals surface area contributed by atoms with Gasteiger partial charge in [0, 0.05) is 20.8 Å². The summed E-state index contributed by atoms with van der Waals surface area (Å²) in [7, 11) is 0. The average Bonchev–Trinajstić information content (AvgIpc) is 2.90. The molecule has 1 heterocycles. The van der Waals surface area contributed by atoms with Crippen LogP contribution in [0, 0.1) is 5.92 Å². The Labute approximate surface area is 116 Å². The van der Waals surface area contributed by atoms with Gasteiger partial charge >= 0.3 is 0 Å². The van der Waals surface area contributed by atoms with Gasteiger partial charge in [0.05, 0.1) is 6.61 Å². The molecule has 1 fully saturated rings. The fourth-order valence-electron chi connectivity index (χ4n) is 2.39. The van der Waals surface area contributed by atoms with Crippen molar-refractivity contribution in [2.24, 2.45) is 11.7 Å². The van der Waals surface area contributed by atoms with E-state index in [1.807, 2.05) is 6.92 Å². The molecule has 2 N–H and O–H groups in total. The van der Waals surface area contributed by atoms with Gasteiger partial charge in [0.2, 0.25) is 0 Å². The first-order valence-corrected chi connectivity index (χ1v) is 7.95. The number of halogens is 1. The van der Waals surface area contributed by atoms with Crippen LogP contribution in [0.15, 0.2) is 15.9 Å². The van der Waals surface area contributed by atoms with Crippen molar-refractivity contribution in [3.63, 3.8) is 0 Å². The molecule has 4 heteroatoms. The van der Waals surface area contributed by atoms with E-state index in [1.165, 1.54) is 30.6 Å². The van der Waals surface area contributed by atoms with E-state index >= 15 is 0 Å². The van der Waals surface area contributed by atoms with Gasteiger partial charge in [0.15, 0.2) is 0 Å². The third kappa shape index (κ3) is 3.78. The second kappa shape index (κ2) is 6.32. The lowest BCUT2D eigenvalue weighted by Gasteiger charge is -2.22. The highest BCUT2D eigenvalue weighted by molar-refractivity contribution is 9.10. The average molecular weight is 318 g/mol. The Morgan fingerprint density at radius 1 is 1.53 bits per heavy atom.